The Kier molecular flexibility index (Phi) is 8.48. The normalized spacial score (nSPS) is 11.1. The average Bonchev–Trinajstić information content (AvgIpc) is 3.40. The molecule has 2 heterocycles. The molecule has 0 radical (unpaired) electrons. The second kappa shape index (κ2) is 11.1. The van der Waals surface area contributed by atoms with Gasteiger partial charge in [0.05, 0.1) is 33.4 Å². The number of para-hydroxylation sites is 1. The van der Waals surface area contributed by atoms with Gasteiger partial charge < -0.3 is 4.90 Å². The van der Waals surface area contributed by atoms with Gasteiger partial charge in [0, 0.05) is 18.1 Å². The summed E-state index contributed by atoms with van der Waals surface area (Å²) in [6.07, 6.45) is 1.65. The summed E-state index contributed by atoms with van der Waals surface area (Å²) in [5, 5.41) is 5.82. The maximum absolute atomic E-state index is 13.7. The summed E-state index contributed by atoms with van der Waals surface area (Å²) in [6, 6.07) is 15.4. The third-order valence-electron chi connectivity index (χ3n) is 5.59. The standard InChI is InChI=1S/C24H26ClN5OS.ClH/c1-4-28(5-2)13-14-29(24-27-21-12-11-18(25)15-22(21)32-24)23(31)20-16-26-30(17(20)3)19-9-7-6-8-10-19;/h6-12,15-16H,4-5,13-14H2,1-3H3;1H. The minimum atomic E-state index is -0.0954. The van der Waals surface area contributed by atoms with E-state index in [1.54, 1.807) is 15.8 Å². The fourth-order valence-electron chi connectivity index (χ4n) is 3.66. The van der Waals surface area contributed by atoms with Crippen molar-refractivity contribution in [3.8, 4) is 5.69 Å². The zero-order valence-electron chi connectivity index (χ0n) is 18.9. The molecule has 0 bridgehead atoms. The molecule has 9 heteroatoms. The molecule has 0 aliphatic rings. The third kappa shape index (κ3) is 5.38. The van der Waals surface area contributed by atoms with Crippen LogP contribution in [0.4, 0.5) is 5.13 Å². The first-order valence-corrected chi connectivity index (χ1v) is 11.9. The molecule has 4 rings (SSSR count). The average molecular weight is 504 g/mol. The van der Waals surface area contributed by atoms with Crippen LogP contribution >= 0.6 is 35.3 Å². The summed E-state index contributed by atoms with van der Waals surface area (Å²) in [5.74, 6) is -0.0954. The van der Waals surface area contributed by atoms with E-state index in [0.717, 1.165) is 41.2 Å². The van der Waals surface area contributed by atoms with E-state index >= 15 is 0 Å². The summed E-state index contributed by atoms with van der Waals surface area (Å²) in [5.41, 5.74) is 3.14. The molecule has 0 fully saturated rings. The highest BCUT2D eigenvalue weighted by Gasteiger charge is 2.25. The van der Waals surface area contributed by atoms with Gasteiger partial charge >= 0.3 is 0 Å². The zero-order valence-corrected chi connectivity index (χ0v) is 21.3. The number of aromatic nitrogens is 3. The predicted octanol–water partition coefficient (Wildman–Crippen LogP) is 5.85. The van der Waals surface area contributed by atoms with Crippen molar-refractivity contribution < 1.29 is 4.79 Å². The molecule has 2 aromatic heterocycles. The van der Waals surface area contributed by atoms with Gasteiger partial charge in [0.15, 0.2) is 5.13 Å². The molecule has 4 aromatic rings. The van der Waals surface area contributed by atoms with Gasteiger partial charge in [-0.2, -0.15) is 5.10 Å². The fourth-order valence-corrected chi connectivity index (χ4v) is 4.93. The molecule has 0 saturated carbocycles. The SMILES string of the molecule is CCN(CC)CCN(C(=O)c1cnn(-c2ccccc2)c1C)c1nc2ccc(Cl)cc2s1.Cl. The molecule has 0 N–H and O–H groups in total. The zero-order chi connectivity index (χ0) is 22.7. The van der Waals surface area contributed by atoms with Crippen molar-refractivity contribution in [3.63, 3.8) is 0 Å². The Bertz CT molecular complexity index is 1220. The number of hydrogen-bond acceptors (Lipinski definition) is 5. The van der Waals surface area contributed by atoms with E-state index in [9.17, 15) is 4.79 Å². The van der Waals surface area contributed by atoms with Gasteiger partial charge in [-0.15, -0.1) is 12.4 Å². The quantitative estimate of drug-likeness (QED) is 0.302. The predicted molar refractivity (Wildman–Crippen MR) is 140 cm³/mol. The minimum absolute atomic E-state index is 0. The number of anilines is 1. The number of thiazole rings is 1. The second-order valence-corrected chi connectivity index (χ2v) is 8.93. The Morgan fingerprint density at radius 3 is 2.52 bits per heavy atom. The molecule has 0 aliphatic heterocycles. The number of rotatable bonds is 8. The van der Waals surface area contributed by atoms with E-state index in [4.69, 9.17) is 16.6 Å². The fraction of sp³-hybridized carbons (Fsp3) is 0.292. The van der Waals surface area contributed by atoms with Crippen LogP contribution in [0.1, 0.15) is 29.9 Å². The highest BCUT2D eigenvalue weighted by Crippen LogP contribution is 2.32. The Labute approximate surface area is 209 Å². The van der Waals surface area contributed by atoms with Crippen LogP contribution < -0.4 is 4.90 Å². The Balaban J connectivity index is 0.00000306. The van der Waals surface area contributed by atoms with Crippen LogP contribution in [-0.2, 0) is 0 Å². The molecule has 0 aliphatic carbocycles. The van der Waals surface area contributed by atoms with E-state index < -0.39 is 0 Å². The molecule has 33 heavy (non-hydrogen) atoms. The lowest BCUT2D eigenvalue weighted by molar-refractivity contribution is 0.0983. The van der Waals surface area contributed by atoms with Crippen molar-refractivity contribution in [2.24, 2.45) is 0 Å². The molecule has 0 unspecified atom stereocenters. The van der Waals surface area contributed by atoms with Crippen LogP contribution in [0.2, 0.25) is 5.02 Å². The van der Waals surface area contributed by atoms with Crippen molar-refractivity contribution in [1.82, 2.24) is 19.7 Å². The maximum Gasteiger partial charge on any atom is 0.263 e. The van der Waals surface area contributed by atoms with Gasteiger partial charge in [-0.3, -0.25) is 9.69 Å². The monoisotopic (exact) mass is 503 g/mol. The second-order valence-electron chi connectivity index (χ2n) is 7.48. The van der Waals surface area contributed by atoms with Crippen LogP contribution in [0.3, 0.4) is 0 Å². The smallest absolute Gasteiger partial charge is 0.263 e. The number of benzene rings is 2. The Hall–Kier alpha value is -2.45. The number of nitrogens with zero attached hydrogens (tertiary/aromatic N) is 5. The van der Waals surface area contributed by atoms with E-state index in [1.807, 2.05) is 55.5 Å². The Morgan fingerprint density at radius 1 is 1.09 bits per heavy atom. The lowest BCUT2D eigenvalue weighted by Crippen LogP contribution is -2.39. The lowest BCUT2D eigenvalue weighted by Gasteiger charge is -2.24. The number of carbonyl (C=O) groups excluding carboxylic acids is 1. The third-order valence-corrected chi connectivity index (χ3v) is 6.87. The Morgan fingerprint density at radius 2 is 1.82 bits per heavy atom. The summed E-state index contributed by atoms with van der Waals surface area (Å²) in [4.78, 5) is 22.6. The van der Waals surface area contributed by atoms with Crippen LogP contribution in [0.15, 0.2) is 54.7 Å². The molecule has 6 nitrogen and oxygen atoms in total. The number of amides is 1. The number of halogens is 2. The number of carbonyl (C=O) groups is 1. The van der Waals surface area contributed by atoms with Crippen LogP contribution in [0.25, 0.3) is 15.9 Å². The maximum atomic E-state index is 13.7. The first-order chi connectivity index (χ1) is 15.5. The highest BCUT2D eigenvalue weighted by atomic mass is 35.5. The number of hydrogen-bond donors (Lipinski definition) is 0. The van der Waals surface area contributed by atoms with E-state index in [-0.39, 0.29) is 18.3 Å². The molecule has 1 amide bonds. The van der Waals surface area contributed by atoms with Crippen LogP contribution in [0, 0.1) is 6.92 Å². The van der Waals surface area contributed by atoms with Crippen molar-refractivity contribution in [1.29, 1.82) is 0 Å². The molecular weight excluding hydrogens is 477 g/mol. The highest BCUT2D eigenvalue weighted by molar-refractivity contribution is 7.22. The molecule has 0 spiro atoms. The van der Waals surface area contributed by atoms with Crippen molar-refractivity contribution >= 4 is 56.6 Å². The van der Waals surface area contributed by atoms with Gasteiger partial charge in [0.25, 0.3) is 5.91 Å². The molecule has 0 saturated heterocycles. The van der Waals surface area contributed by atoms with Gasteiger partial charge in [-0.25, -0.2) is 9.67 Å². The van der Waals surface area contributed by atoms with Crippen molar-refractivity contribution in [3.05, 3.63) is 71.0 Å². The first kappa shape index (κ1) is 25.2. The minimum Gasteiger partial charge on any atom is -0.302 e. The summed E-state index contributed by atoms with van der Waals surface area (Å²) >= 11 is 7.65. The number of likely N-dealkylation sites (N-methyl/N-ethyl adjacent to an activating group) is 1. The van der Waals surface area contributed by atoms with Gasteiger partial charge in [0.1, 0.15) is 0 Å². The molecule has 174 valence electrons. The van der Waals surface area contributed by atoms with Crippen LogP contribution in [0.5, 0.6) is 0 Å². The van der Waals surface area contributed by atoms with Gasteiger partial charge in [-0.1, -0.05) is 55.0 Å². The number of fused-ring (bicyclic) bond motifs is 1. The lowest BCUT2D eigenvalue weighted by atomic mass is 10.2. The van der Waals surface area contributed by atoms with Gasteiger partial charge in [0.2, 0.25) is 0 Å². The van der Waals surface area contributed by atoms with E-state index in [0.29, 0.717) is 22.3 Å². The van der Waals surface area contributed by atoms with E-state index in [2.05, 4.69) is 23.8 Å². The first-order valence-electron chi connectivity index (χ1n) is 10.7. The van der Waals surface area contributed by atoms with Crippen LogP contribution in [-0.4, -0.2) is 51.8 Å². The largest absolute Gasteiger partial charge is 0.302 e. The van der Waals surface area contributed by atoms with E-state index in [1.165, 1.54) is 11.3 Å². The topological polar surface area (TPSA) is 54.3 Å². The summed E-state index contributed by atoms with van der Waals surface area (Å²) < 4.78 is 2.76. The molecule has 2 aromatic carbocycles. The van der Waals surface area contributed by atoms with Crippen molar-refractivity contribution in [2.45, 2.75) is 20.8 Å². The van der Waals surface area contributed by atoms with Gasteiger partial charge in [-0.05, 0) is 50.3 Å². The molecular formula is C24H27Cl2N5OS. The van der Waals surface area contributed by atoms with Crippen molar-refractivity contribution in [2.75, 3.05) is 31.1 Å². The molecule has 0 atom stereocenters. The summed E-state index contributed by atoms with van der Waals surface area (Å²) in [6.45, 7) is 9.35. The summed E-state index contributed by atoms with van der Waals surface area (Å²) in [7, 11) is 0.